The van der Waals surface area contributed by atoms with E-state index >= 15 is 0 Å². The summed E-state index contributed by atoms with van der Waals surface area (Å²) >= 11 is 0. The zero-order chi connectivity index (χ0) is 11.1. The van der Waals surface area contributed by atoms with E-state index in [4.69, 9.17) is 15.3 Å². The molecule has 0 spiro atoms. The molecule has 1 aliphatic heterocycles. The maximum absolute atomic E-state index is 9.70. The zero-order valence-electron chi connectivity index (χ0n) is 8.40. The summed E-state index contributed by atoms with van der Waals surface area (Å²) in [4.78, 5) is 9.70. The number of rotatable bonds is 1. The zero-order valence-corrected chi connectivity index (χ0v) is 8.40. The highest BCUT2D eigenvalue weighted by atomic mass is 16.3. The minimum Gasteiger partial charge on any atom is -0.395 e. The maximum atomic E-state index is 9.70. The van der Waals surface area contributed by atoms with Gasteiger partial charge in [-0.3, -0.25) is 4.79 Å². The van der Waals surface area contributed by atoms with E-state index in [9.17, 15) is 4.79 Å². The van der Waals surface area contributed by atoms with Gasteiger partial charge < -0.3 is 26.0 Å². The van der Waals surface area contributed by atoms with Gasteiger partial charge in [0.2, 0.25) is 5.91 Å². The quantitative estimate of drug-likeness (QED) is 0.324. The number of carbonyl (C=O) groups excluding carboxylic acids is 1. The molecule has 1 heterocycles. The van der Waals surface area contributed by atoms with Gasteiger partial charge in [0.15, 0.2) is 0 Å². The first-order valence-corrected chi connectivity index (χ1v) is 4.41. The summed E-state index contributed by atoms with van der Waals surface area (Å²) in [7, 11) is 1.60. The molecule has 0 saturated carbocycles. The van der Waals surface area contributed by atoms with Crippen LogP contribution >= 0.6 is 0 Å². The van der Waals surface area contributed by atoms with Gasteiger partial charge in [-0.2, -0.15) is 0 Å². The third-order valence-corrected chi connectivity index (χ3v) is 1.94. The molecule has 3 atom stereocenters. The van der Waals surface area contributed by atoms with Crippen molar-refractivity contribution in [3.63, 3.8) is 0 Å². The standard InChI is InChI=1S/C5H11NO3.C3H7NO/c7-2-3-5(9)4(8)1-6-3;1-3(5)4-2/h3-9H,1-2H2;1-2H3,(H,4,5). The molecule has 1 rings (SSSR count). The lowest BCUT2D eigenvalue weighted by Crippen LogP contribution is -2.35. The van der Waals surface area contributed by atoms with E-state index in [0.717, 1.165) is 0 Å². The van der Waals surface area contributed by atoms with Crippen LogP contribution in [0.4, 0.5) is 0 Å². The van der Waals surface area contributed by atoms with Crippen molar-refractivity contribution in [1.82, 2.24) is 10.6 Å². The second kappa shape index (κ2) is 6.72. The number of aliphatic hydroxyl groups excluding tert-OH is 3. The average molecular weight is 206 g/mol. The average Bonchev–Trinajstić information content (AvgIpc) is 2.48. The number of nitrogens with one attached hydrogen (secondary N) is 2. The molecule has 1 amide bonds. The molecule has 0 radical (unpaired) electrons. The molecule has 5 N–H and O–H groups in total. The van der Waals surface area contributed by atoms with E-state index in [1.807, 2.05) is 0 Å². The summed E-state index contributed by atoms with van der Waals surface area (Å²) in [6, 6.07) is -0.347. The molecule has 1 fully saturated rings. The smallest absolute Gasteiger partial charge is 0.216 e. The van der Waals surface area contributed by atoms with Crippen molar-refractivity contribution in [1.29, 1.82) is 0 Å². The van der Waals surface area contributed by atoms with E-state index in [-0.39, 0.29) is 18.6 Å². The molecule has 0 aromatic heterocycles. The Bertz CT molecular complexity index is 177. The lowest BCUT2D eigenvalue weighted by atomic mass is 10.1. The largest absolute Gasteiger partial charge is 0.395 e. The van der Waals surface area contributed by atoms with Crippen LogP contribution in [0.25, 0.3) is 0 Å². The third-order valence-electron chi connectivity index (χ3n) is 1.94. The van der Waals surface area contributed by atoms with E-state index in [0.29, 0.717) is 6.54 Å². The molecule has 14 heavy (non-hydrogen) atoms. The predicted molar refractivity (Wildman–Crippen MR) is 50.6 cm³/mol. The number of aliphatic hydroxyl groups is 3. The first-order chi connectivity index (χ1) is 6.52. The van der Waals surface area contributed by atoms with Crippen LogP contribution in [-0.4, -0.2) is 59.7 Å². The molecule has 0 aliphatic carbocycles. The molecule has 0 aromatic rings. The summed E-state index contributed by atoms with van der Waals surface area (Å²) in [5.74, 6) is 0.00463. The third kappa shape index (κ3) is 4.52. The minimum atomic E-state index is -0.810. The van der Waals surface area contributed by atoms with Crippen molar-refractivity contribution in [2.45, 2.75) is 25.2 Å². The van der Waals surface area contributed by atoms with Crippen molar-refractivity contribution in [3.8, 4) is 0 Å². The Morgan fingerprint density at radius 3 is 2.21 bits per heavy atom. The second-order valence-electron chi connectivity index (χ2n) is 3.06. The number of β-amino-alcohol motifs (C(OH)–C–C–N with tert-alkyl or cyclic N) is 1. The van der Waals surface area contributed by atoms with Gasteiger partial charge in [0.05, 0.1) is 24.9 Å². The Morgan fingerprint density at radius 1 is 1.57 bits per heavy atom. The molecular formula is C8H18N2O4. The number of hydrogen-bond acceptors (Lipinski definition) is 5. The predicted octanol–water partition coefficient (Wildman–Crippen LogP) is -2.58. The summed E-state index contributed by atoms with van der Waals surface area (Å²) < 4.78 is 0. The first-order valence-electron chi connectivity index (χ1n) is 4.41. The topological polar surface area (TPSA) is 102 Å². The van der Waals surface area contributed by atoms with Crippen molar-refractivity contribution >= 4 is 5.91 Å². The SMILES string of the molecule is CNC(C)=O.OCC1NCC(O)C1O. The fourth-order valence-electron chi connectivity index (χ4n) is 0.954. The Labute approximate surface area is 82.9 Å². The molecule has 0 aromatic carbocycles. The number of hydrogen-bond donors (Lipinski definition) is 5. The second-order valence-corrected chi connectivity index (χ2v) is 3.06. The maximum Gasteiger partial charge on any atom is 0.216 e. The normalized spacial score (nSPS) is 30.5. The number of carbonyl (C=O) groups is 1. The molecule has 6 nitrogen and oxygen atoms in total. The van der Waals surface area contributed by atoms with Gasteiger partial charge in [0.25, 0.3) is 0 Å². The highest BCUT2D eigenvalue weighted by molar-refractivity contribution is 5.72. The van der Waals surface area contributed by atoms with Crippen molar-refractivity contribution in [2.24, 2.45) is 0 Å². The molecule has 3 unspecified atom stereocenters. The lowest BCUT2D eigenvalue weighted by Gasteiger charge is -2.11. The number of amides is 1. The van der Waals surface area contributed by atoms with E-state index in [2.05, 4.69) is 10.6 Å². The van der Waals surface area contributed by atoms with Gasteiger partial charge in [0.1, 0.15) is 0 Å². The van der Waals surface area contributed by atoms with Gasteiger partial charge in [-0.25, -0.2) is 0 Å². The van der Waals surface area contributed by atoms with Crippen LogP contribution in [0.1, 0.15) is 6.92 Å². The van der Waals surface area contributed by atoms with Crippen molar-refractivity contribution < 1.29 is 20.1 Å². The fraction of sp³-hybridized carbons (Fsp3) is 0.875. The highest BCUT2D eigenvalue weighted by Crippen LogP contribution is 2.05. The molecule has 1 saturated heterocycles. The Hall–Kier alpha value is -0.690. The van der Waals surface area contributed by atoms with E-state index in [1.165, 1.54) is 6.92 Å². The van der Waals surface area contributed by atoms with E-state index < -0.39 is 12.2 Å². The summed E-state index contributed by atoms with van der Waals surface area (Å²) in [6.45, 7) is 1.71. The van der Waals surface area contributed by atoms with Gasteiger partial charge in [-0.15, -0.1) is 0 Å². The van der Waals surface area contributed by atoms with Crippen LogP contribution in [-0.2, 0) is 4.79 Å². The Balaban J connectivity index is 0.000000292. The molecular weight excluding hydrogens is 188 g/mol. The van der Waals surface area contributed by atoms with Crippen LogP contribution in [0, 0.1) is 0 Å². The van der Waals surface area contributed by atoms with Crippen LogP contribution in [0.3, 0.4) is 0 Å². The molecule has 6 heteroatoms. The van der Waals surface area contributed by atoms with Gasteiger partial charge in [-0.1, -0.05) is 0 Å². The van der Waals surface area contributed by atoms with Crippen LogP contribution < -0.4 is 10.6 Å². The van der Waals surface area contributed by atoms with Crippen molar-refractivity contribution in [3.05, 3.63) is 0 Å². The molecule has 84 valence electrons. The van der Waals surface area contributed by atoms with Crippen molar-refractivity contribution in [2.75, 3.05) is 20.2 Å². The van der Waals surface area contributed by atoms with Crippen LogP contribution in [0.5, 0.6) is 0 Å². The molecule has 0 bridgehead atoms. The van der Waals surface area contributed by atoms with E-state index in [1.54, 1.807) is 7.05 Å². The van der Waals surface area contributed by atoms with Gasteiger partial charge >= 0.3 is 0 Å². The summed E-state index contributed by atoms with van der Waals surface area (Å²) in [6.07, 6.45) is -1.53. The van der Waals surface area contributed by atoms with Crippen LogP contribution in [0.2, 0.25) is 0 Å². The summed E-state index contributed by atoms with van der Waals surface area (Å²) in [5.41, 5.74) is 0. The summed E-state index contributed by atoms with van der Waals surface area (Å²) in [5, 5.41) is 31.5. The Morgan fingerprint density at radius 2 is 2.07 bits per heavy atom. The van der Waals surface area contributed by atoms with Gasteiger partial charge in [0, 0.05) is 20.5 Å². The van der Waals surface area contributed by atoms with Gasteiger partial charge in [-0.05, 0) is 0 Å². The Kier molecular flexibility index (Phi) is 6.39. The highest BCUT2D eigenvalue weighted by Gasteiger charge is 2.31. The monoisotopic (exact) mass is 206 g/mol. The lowest BCUT2D eigenvalue weighted by molar-refractivity contribution is -0.118. The minimum absolute atomic E-state index is 0.00463. The van der Waals surface area contributed by atoms with Crippen LogP contribution in [0.15, 0.2) is 0 Å². The first kappa shape index (κ1) is 13.3. The molecule has 1 aliphatic rings. The fourth-order valence-corrected chi connectivity index (χ4v) is 0.954.